The molecule has 2 aromatic rings. The molecule has 0 radical (unpaired) electrons. The summed E-state index contributed by atoms with van der Waals surface area (Å²) in [5.41, 5.74) is -0.413. The Morgan fingerprint density at radius 3 is 1.96 bits per heavy atom. The van der Waals surface area contributed by atoms with E-state index >= 15 is 0 Å². The summed E-state index contributed by atoms with van der Waals surface area (Å²) in [4.78, 5) is -3.02. The lowest BCUT2D eigenvalue weighted by molar-refractivity contribution is -0.0328. The van der Waals surface area contributed by atoms with Gasteiger partial charge in [0.05, 0.1) is 10.6 Å². The monoisotopic (exact) mass is 566 g/mol. The molecule has 0 bridgehead atoms. The maximum atomic E-state index is 13.0. The van der Waals surface area contributed by atoms with E-state index in [0.717, 1.165) is 0 Å². The second kappa shape index (κ2) is 5.91. The van der Waals surface area contributed by atoms with Crippen LogP contribution < -0.4 is 5.73 Å². The molecular weight excluding hydrogens is 564 g/mol. The molecule has 0 fully saturated rings. The Balaban J connectivity index is 2.73. The van der Waals surface area contributed by atoms with Crippen molar-refractivity contribution in [3.8, 4) is 11.8 Å². The number of rotatable bonds is 3. The first-order valence-corrected chi connectivity index (χ1v) is 10.5. The molecule has 0 amide bonds. The highest BCUT2D eigenvalue weighted by Gasteiger charge is 2.65. The number of anilines is 1. The van der Waals surface area contributed by atoms with Gasteiger partial charge in [-0.05, 0) is 55.8 Å². The maximum Gasteiger partial charge on any atom is 0.446 e. The van der Waals surface area contributed by atoms with Gasteiger partial charge < -0.3 is 5.73 Å². The number of alkyl halides is 3. The van der Waals surface area contributed by atoms with E-state index in [4.69, 9.17) is 11.0 Å². The van der Waals surface area contributed by atoms with Gasteiger partial charge in [-0.25, -0.2) is 4.68 Å². The van der Waals surface area contributed by atoms with Gasteiger partial charge in [-0.15, -0.1) is 0 Å². The standard InChI is InChI=1S/C11H4Br2F8N4S2/c12-5-1-4(27(17,18,19,20)21)2-6(13)8(5)25-10(23)9(7(3-22)24-25)26-11(14,15)16/h1-2H,23H2. The van der Waals surface area contributed by atoms with Gasteiger partial charge in [0, 0.05) is 8.95 Å². The molecule has 0 aliphatic rings. The Morgan fingerprint density at radius 2 is 1.59 bits per heavy atom. The molecule has 27 heavy (non-hydrogen) atoms. The lowest BCUT2D eigenvalue weighted by atomic mass is 10.3. The average molecular weight is 568 g/mol. The fraction of sp³-hybridized carbons (Fsp3) is 0.0909. The minimum absolute atomic E-state index is 0.0470. The summed E-state index contributed by atoms with van der Waals surface area (Å²) in [6.45, 7) is 0. The summed E-state index contributed by atoms with van der Waals surface area (Å²) in [5.74, 6) is -0.713. The van der Waals surface area contributed by atoms with Crippen LogP contribution in [0.15, 0.2) is 30.9 Å². The molecule has 4 nitrogen and oxygen atoms in total. The second-order valence-corrected chi connectivity index (χ2v) is 10.0. The van der Waals surface area contributed by atoms with Crippen molar-refractivity contribution in [2.45, 2.75) is 15.3 Å². The van der Waals surface area contributed by atoms with Crippen LogP contribution in [0.2, 0.25) is 0 Å². The predicted molar refractivity (Wildman–Crippen MR) is 91.4 cm³/mol. The van der Waals surface area contributed by atoms with E-state index in [2.05, 4.69) is 37.0 Å². The largest absolute Gasteiger partial charge is 0.446 e. The van der Waals surface area contributed by atoms with Gasteiger partial charge in [0.2, 0.25) is 0 Å². The fourth-order valence-corrected chi connectivity index (χ4v) is 4.96. The van der Waals surface area contributed by atoms with E-state index < -0.39 is 63.4 Å². The Kier molecular flexibility index (Phi) is 4.84. The molecule has 0 atom stereocenters. The first-order chi connectivity index (χ1) is 11.8. The van der Waals surface area contributed by atoms with E-state index in [0.29, 0.717) is 4.68 Å². The van der Waals surface area contributed by atoms with Crippen molar-refractivity contribution < 1.29 is 32.6 Å². The summed E-state index contributed by atoms with van der Waals surface area (Å²) in [7, 11) is -10.0. The van der Waals surface area contributed by atoms with Crippen LogP contribution >= 0.6 is 53.8 Å². The van der Waals surface area contributed by atoms with Gasteiger partial charge in [0.1, 0.15) is 16.8 Å². The first-order valence-electron chi connectivity index (χ1n) is 6.12. The Bertz CT molecular complexity index is 955. The molecule has 2 rings (SSSR count). The number of nitrogens with two attached hydrogens (primary N) is 1. The average Bonchev–Trinajstić information content (AvgIpc) is 2.71. The van der Waals surface area contributed by atoms with Gasteiger partial charge in [-0.1, -0.05) is 19.4 Å². The van der Waals surface area contributed by atoms with Crippen LogP contribution in [0.5, 0.6) is 0 Å². The highest BCUT2D eigenvalue weighted by atomic mass is 79.9. The third kappa shape index (κ3) is 4.81. The Labute approximate surface area is 166 Å². The topological polar surface area (TPSA) is 67.6 Å². The molecule has 1 aromatic heterocycles. The van der Waals surface area contributed by atoms with Gasteiger partial charge >= 0.3 is 15.7 Å². The summed E-state index contributed by atoms with van der Waals surface area (Å²) in [5, 5.41) is 12.4. The van der Waals surface area contributed by atoms with E-state index in [-0.39, 0.29) is 12.1 Å². The zero-order chi connectivity index (χ0) is 21.1. The number of nitrogens with zero attached hydrogens (tertiary/aromatic N) is 3. The van der Waals surface area contributed by atoms with Crippen molar-refractivity contribution >= 4 is 59.7 Å². The normalized spacial score (nSPS) is 15.1. The molecule has 0 saturated heterocycles. The van der Waals surface area contributed by atoms with Crippen molar-refractivity contribution in [3.63, 3.8) is 0 Å². The Morgan fingerprint density at radius 1 is 1.11 bits per heavy atom. The smallest absolute Gasteiger partial charge is 0.383 e. The van der Waals surface area contributed by atoms with Crippen molar-refractivity contribution in [1.82, 2.24) is 9.78 Å². The number of halogens is 10. The summed E-state index contributed by atoms with van der Waals surface area (Å²) in [6, 6.07) is 1.47. The molecule has 0 unspecified atom stereocenters. The molecule has 2 N–H and O–H groups in total. The number of hydrogen-bond acceptors (Lipinski definition) is 4. The van der Waals surface area contributed by atoms with E-state index in [1.807, 2.05) is 0 Å². The predicted octanol–water partition coefficient (Wildman–Crippen LogP) is 7.12. The van der Waals surface area contributed by atoms with Crippen LogP contribution in [0.4, 0.5) is 38.4 Å². The molecule has 0 saturated carbocycles. The van der Waals surface area contributed by atoms with Crippen molar-refractivity contribution in [3.05, 3.63) is 26.8 Å². The molecule has 1 aromatic carbocycles. The minimum atomic E-state index is -10.0. The van der Waals surface area contributed by atoms with Crippen molar-refractivity contribution in [1.29, 1.82) is 5.26 Å². The van der Waals surface area contributed by atoms with Gasteiger partial charge in [0.25, 0.3) is 0 Å². The first kappa shape index (κ1) is 22.1. The highest BCUT2D eigenvalue weighted by Crippen LogP contribution is 3.02. The number of benzene rings is 1. The van der Waals surface area contributed by atoms with E-state index in [1.165, 1.54) is 6.07 Å². The number of aromatic nitrogens is 2. The van der Waals surface area contributed by atoms with Crippen LogP contribution in [0.1, 0.15) is 5.69 Å². The van der Waals surface area contributed by atoms with Gasteiger partial charge in [0.15, 0.2) is 5.69 Å². The zero-order valence-corrected chi connectivity index (χ0v) is 17.0. The van der Waals surface area contributed by atoms with Crippen LogP contribution in [-0.4, -0.2) is 15.3 Å². The molecule has 16 heteroatoms. The molecule has 0 aliphatic heterocycles. The summed E-state index contributed by atoms with van der Waals surface area (Å²) in [6.07, 6.45) is 0. The number of nitriles is 1. The summed E-state index contributed by atoms with van der Waals surface area (Å²) >= 11 is 4.56. The SMILES string of the molecule is N#Cc1nn(-c2c(Br)cc(S(F)(F)(F)(F)F)cc2Br)c(N)c1SC(F)(F)F. The van der Waals surface area contributed by atoms with Crippen LogP contribution in [0, 0.1) is 11.3 Å². The molecule has 1 heterocycles. The lowest BCUT2D eigenvalue weighted by Gasteiger charge is -2.40. The van der Waals surface area contributed by atoms with Crippen LogP contribution in [0.25, 0.3) is 5.69 Å². The lowest BCUT2D eigenvalue weighted by Crippen LogP contribution is -2.09. The van der Waals surface area contributed by atoms with Crippen LogP contribution in [-0.2, 0) is 0 Å². The molecule has 0 spiro atoms. The second-order valence-electron chi connectivity index (χ2n) is 4.84. The number of hydrogen-bond donors (Lipinski definition) is 1. The van der Waals surface area contributed by atoms with E-state index in [9.17, 15) is 32.6 Å². The van der Waals surface area contributed by atoms with Gasteiger partial charge in [-0.3, -0.25) is 0 Å². The Hall–Kier alpha value is -1.18. The molecule has 0 aliphatic carbocycles. The van der Waals surface area contributed by atoms with E-state index in [1.54, 1.807) is 0 Å². The third-order valence-electron chi connectivity index (χ3n) is 2.85. The van der Waals surface area contributed by atoms with Crippen molar-refractivity contribution in [2.24, 2.45) is 0 Å². The minimum Gasteiger partial charge on any atom is -0.383 e. The quantitative estimate of drug-likeness (QED) is 0.317. The van der Waals surface area contributed by atoms with Crippen molar-refractivity contribution in [2.75, 3.05) is 5.73 Å². The number of nitrogen functional groups attached to an aromatic ring is 1. The third-order valence-corrected chi connectivity index (χ3v) is 6.02. The zero-order valence-electron chi connectivity index (χ0n) is 12.2. The maximum absolute atomic E-state index is 13.0. The number of thioether (sulfide) groups is 1. The summed E-state index contributed by atoms with van der Waals surface area (Å²) < 4.78 is 102. The molecular formula is C11H4Br2F8N4S2. The van der Waals surface area contributed by atoms with Gasteiger partial charge in [-0.2, -0.15) is 23.5 Å². The highest BCUT2D eigenvalue weighted by molar-refractivity contribution is 9.11. The molecule has 150 valence electrons. The fourth-order valence-electron chi connectivity index (χ4n) is 1.84. The van der Waals surface area contributed by atoms with Crippen LogP contribution in [0.3, 0.4) is 0 Å².